The first kappa shape index (κ1) is 15.7. The molecule has 2 rings (SSSR count). The summed E-state index contributed by atoms with van der Waals surface area (Å²) >= 11 is 0.919. The summed E-state index contributed by atoms with van der Waals surface area (Å²) in [7, 11) is -0.259. The first-order valence-corrected chi connectivity index (χ1v) is 8.50. The van der Waals surface area contributed by atoms with Crippen LogP contribution < -0.4 is 10.9 Å². The average molecular weight is 328 g/mol. The van der Waals surface area contributed by atoms with Gasteiger partial charge in [-0.15, -0.1) is 0 Å². The largest absolute Gasteiger partial charge is 0.333 e. The van der Waals surface area contributed by atoms with Crippen molar-refractivity contribution in [1.82, 2.24) is 20.3 Å². The molecule has 0 aromatic heterocycles. The normalized spacial score (nSPS) is 15.2. The van der Waals surface area contributed by atoms with E-state index in [1.165, 1.54) is 15.6 Å². The number of nitrogens with zero attached hydrogens (tertiary/aromatic N) is 2. The molecule has 0 unspecified atom stereocenters. The quantitative estimate of drug-likeness (QED) is 0.804. The van der Waals surface area contributed by atoms with Gasteiger partial charge in [0.1, 0.15) is 4.24 Å². The van der Waals surface area contributed by atoms with Gasteiger partial charge in [-0.25, -0.2) is 18.6 Å². The van der Waals surface area contributed by atoms with Gasteiger partial charge in [0.15, 0.2) is 9.84 Å². The third-order valence-electron chi connectivity index (χ3n) is 2.59. The second-order valence-electron chi connectivity index (χ2n) is 4.53. The van der Waals surface area contributed by atoms with Gasteiger partial charge in [-0.2, -0.15) is 0 Å². The van der Waals surface area contributed by atoms with E-state index in [0.717, 1.165) is 17.5 Å². The molecule has 0 spiro atoms. The highest BCUT2D eigenvalue weighted by molar-refractivity contribution is 8.17. The second kappa shape index (κ2) is 6.37. The number of amides is 2. The van der Waals surface area contributed by atoms with E-state index in [1.807, 2.05) is 6.07 Å². The molecule has 0 radical (unpaired) electrons. The number of benzene rings is 1. The zero-order valence-electron chi connectivity index (χ0n) is 11.6. The molecule has 0 saturated heterocycles. The summed E-state index contributed by atoms with van der Waals surface area (Å²) < 4.78 is 26.0. The maximum Gasteiger partial charge on any atom is 0.333 e. The number of nitrogens with one attached hydrogen (secondary N) is 2. The lowest BCUT2D eigenvalue weighted by Crippen LogP contribution is -2.46. The van der Waals surface area contributed by atoms with Crippen molar-refractivity contribution in [3.05, 3.63) is 46.3 Å². The molecule has 2 amide bonds. The molecular weight excluding hydrogens is 312 g/mol. The van der Waals surface area contributed by atoms with Crippen molar-refractivity contribution in [1.29, 1.82) is 0 Å². The summed E-state index contributed by atoms with van der Waals surface area (Å²) in [5.41, 5.74) is 5.90. The van der Waals surface area contributed by atoms with Gasteiger partial charge >= 0.3 is 6.03 Å². The highest BCUT2D eigenvalue weighted by Crippen LogP contribution is 2.29. The lowest BCUT2D eigenvalue weighted by molar-refractivity contribution is 0.193. The Morgan fingerprint density at radius 2 is 2.00 bits per heavy atom. The van der Waals surface area contributed by atoms with Gasteiger partial charge in [-0.1, -0.05) is 34.9 Å². The second-order valence-corrected chi connectivity index (χ2v) is 7.74. The maximum absolute atomic E-state index is 12.3. The molecule has 2 N–H and O–H groups in total. The van der Waals surface area contributed by atoms with Crippen molar-refractivity contribution in [3.63, 3.8) is 0 Å². The number of rotatable bonds is 4. The van der Waals surface area contributed by atoms with E-state index in [9.17, 15) is 13.2 Å². The van der Waals surface area contributed by atoms with Crippen LogP contribution in [0, 0.1) is 0 Å². The molecule has 0 aliphatic carbocycles. The Labute approximate surface area is 128 Å². The van der Waals surface area contributed by atoms with Crippen LogP contribution >= 0.6 is 11.9 Å². The van der Waals surface area contributed by atoms with Crippen LogP contribution in [-0.2, 0) is 15.6 Å². The molecule has 9 heteroatoms. The summed E-state index contributed by atoms with van der Waals surface area (Å²) in [6, 6.07) is 8.59. The first-order valence-electron chi connectivity index (χ1n) is 6.07. The van der Waals surface area contributed by atoms with Gasteiger partial charge in [0, 0.05) is 32.2 Å². The van der Waals surface area contributed by atoms with E-state index < -0.39 is 9.84 Å². The van der Waals surface area contributed by atoms with E-state index in [4.69, 9.17) is 0 Å². The van der Waals surface area contributed by atoms with Gasteiger partial charge < -0.3 is 4.90 Å². The molecule has 1 aromatic carbocycles. The van der Waals surface area contributed by atoms with Gasteiger partial charge in [0.2, 0.25) is 0 Å². The zero-order chi connectivity index (χ0) is 15.5. The van der Waals surface area contributed by atoms with E-state index in [-0.39, 0.29) is 16.0 Å². The smallest absolute Gasteiger partial charge is 0.330 e. The van der Waals surface area contributed by atoms with Gasteiger partial charge in [0.25, 0.3) is 0 Å². The standard InChI is InChI=1S/C12H16N4O3S2/c1-15(2)12(17)14-16-13-8-11(20-16)21(18,19)9-10-6-4-3-5-7-10/h3-8,13H,9H2,1-2H3,(H,14,17). The minimum absolute atomic E-state index is 0.0795. The van der Waals surface area contributed by atoms with Crippen molar-refractivity contribution >= 4 is 27.8 Å². The van der Waals surface area contributed by atoms with Gasteiger partial charge in [-0.3, -0.25) is 5.43 Å². The first-order chi connectivity index (χ1) is 9.88. The molecule has 1 aliphatic heterocycles. The zero-order valence-corrected chi connectivity index (χ0v) is 13.2. The number of hydrogen-bond acceptors (Lipinski definition) is 6. The van der Waals surface area contributed by atoms with Crippen molar-refractivity contribution < 1.29 is 13.2 Å². The van der Waals surface area contributed by atoms with E-state index in [1.54, 1.807) is 38.4 Å². The fourth-order valence-electron chi connectivity index (χ4n) is 1.51. The average Bonchev–Trinajstić information content (AvgIpc) is 2.88. The van der Waals surface area contributed by atoms with Crippen molar-refractivity contribution in [3.8, 4) is 0 Å². The van der Waals surface area contributed by atoms with Gasteiger partial charge in [-0.05, 0) is 5.56 Å². The van der Waals surface area contributed by atoms with Crippen LogP contribution in [0.15, 0.2) is 40.8 Å². The van der Waals surface area contributed by atoms with Crippen LogP contribution in [0.4, 0.5) is 4.79 Å². The van der Waals surface area contributed by atoms with Crippen LogP contribution in [-0.4, -0.2) is 38.0 Å². The molecule has 1 heterocycles. The number of hydrogen-bond donors (Lipinski definition) is 2. The number of hydrazine groups is 2. The minimum Gasteiger partial charge on any atom is -0.330 e. The molecule has 1 aromatic rings. The molecular formula is C12H16N4O3S2. The molecule has 7 nitrogen and oxygen atoms in total. The van der Waals surface area contributed by atoms with E-state index in [2.05, 4.69) is 10.9 Å². The third-order valence-corrected chi connectivity index (χ3v) is 5.70. The Balaban J connectivity index is 1.98. The number of sulfone groups is 1. The van der Waals surface area contributed by atoms with Crippen molar-refractivity contribution in [2.45, 2.75) is 5.75 Å². The highest BCUT2D eigenvalue weighted by Gasteiger charge is 2.27. The lowest BCUT2D eigenvalue weighted by atomic mass is 10.2. The maximum atomic E-state index is 12.3. The fourth-order valence-corrected chi connectivity index (χ4v) is 3.88. The molecule has 0 fully saturated rings. The summed E-state index contributed by atoms with van der Waals surface area (Å²) in [4.78, 5) is 12.8. The number of urea groups is 1. The predicted molar refractivity (Wildman–Crippen MR) is 81.9 cm³/mol. The van der Waals surface area contributed by atoms with Crippen LogP contribution in [0.1, 0.15) is 5.56 Å². The molecule has 21 heavy (non-hydrogen) atoms. The van der Waals surface area contributed by atoms with Crippen LogP contribution in [0.2, 0.25) is 0 Å². The monoisotopic (exact) mass is 328 g/mol. The Bertz CT molecular complexity index is 644. The molecule has 114 valence electrons. The molecule has 0 atom stereocenters. The Morgan fingerprint density at radius 1 is 1.33 bits per heavy atom. The topological polar surface area (TPSA) is 81.8 Å². The number of carbonyl (C=O) groups is 1. The van der Waals surface area contributed by atoms with Crippen molar-refractivity contribution in [2.75, 3.05) is 14.1 Å². The van der Waals surface area contributed by atoms with Gasteiger partial charge in [0.05, 0.1) is 5.75 Å². The SMILES string of the molecule is CN(C)C(=O)NN1NC=C(S(=O)(=O)Cc2ccccc2)S1. The molecule has 0 saturated carbocycles. The predicted octanol–water partition coefficient (Wildman–Crippen LogP) is 1.05. The Morgan fingerprint density at radius 3 is 2.62 bits per heavy atom. The summed E-state index contributed by atoms with van der Waals surface area (Å²) in [6.45, 7) is 0. The lowest BCUT2D eigenvalue weighted by Gasteiger charge is -2.18. The summed E-state index contributed by atoms with van der Waals surface area (Å²) in [5, 5.41) is 0. The Kier molecular flexibility index (Phi) is 4.76. The minimum atomic E-state index is -3.45. The summed E-state index contributed by atoms with van der Waals surface area (Å²) in [5.74, 6) is -0.0795. The van der Waals surface area contributed by atoms with Crippen LogP contribution in [0.5, 0.6) is 0 Å². The molecule has 0 bridgehead atoms. The fraction of sp³-hybridized carbons (Fsp3) is 0.250. The van der Waals surface area contributed by atoms with Crippen LogP contribution in [0.25, 0.3) is 0 Å². The third kappa shape index (κ3) is 4.13. The van der Waals surface area contributed by atoms with Crippen LogP contribution in [0.3, 0.4) is 0 Å². The Hall–Kier alpha value is -1.71. The highest BCUT2D eigenvalue weighted by atomic mass is 32.3. The van der Waals surface area contributed by atoms with E-state index >= 15 is 0 Å². The molecule has 1 aliphatic rings. The van der Waals surface area contributed by atoms with E-state index in [0.29, 0.717) is 0 Å². The van der Waals surface area contributed by atoms with Crippen molar-refractivity contribution in [2.24, 2.45) is 0 Å². The summed E-state index contributed by atoms with van der Waals surface area (Å²) in [6.07, 6.45) is 1.36. The number of carbonyl (C=O) groups excluding carboxylic acids is 1.